The zero-order valence-corrected chi connectivity index (χ0v) is 11.3. The molecule has 2 rings (SSSR count). The number of hydrogen-bond donors (Lipinski definition) is 2. The second-order valence-corrected chi connectivity index (χ2v) is 5.13. The molecule has 3 nitrogen and oxygen atoms in total. The van der Waals surface area contributed by atoms with E-state index in [2.05, 4.69) is 21.2 Å². The molecule has 1 atom stereocenters. The molecule has 0 aliphatic carbocycles. The summed E-state index contributed by atoms with van der Waals surface area (Å²) in [6.45, 7) is 2.58. The Balaban J connectivity index is 2.31. The van der Waals surface area contributed by atoms with Crippen LogP contribution in [0.4, 0.5) is 8.78 Å². The van der Waals surface area contributed by atoms with Crippen LogP contribution in [0.1, 0.15) is 11.6 Å². The smallest absolute Gasteiger partial charge is 0.258 e. The van der Waals surface area contributed by atoms with Crippen LogP contribution in [0.15, 0.2) is 22.7 Å². The Morgan fingerprint density at radius 1 is 1.28 bits per heavy atom. The fourth-order valence-electron chi connectivity index (χ4n) is 2.21. The quantitative estimate of drug-likeness (QED) is 0.897. The highest BCUT2D eigenvalue weighted by Gasteiger charge is 2.31. The standard InChI is InChI=1S/C12H15BrF2N2O/c13-10-2-1-8(18)7-9(10)11(12(14)15)17-5-3-16-4-6-17/h1-2,7,11-12,16,18H,3-6H2/t11-/m0/s1. The lowest BCUT2D eigenvalue weighted by atomic mass is 10.0. The molecule has 1 saturated heterocycles. The molecule has 0 saturated carbocycles. The number of phenolic OH excluding ortho intramolecular Hbond substituents is 1. The van der Waals surface area contributed by atoms with Crippen molar-refractivity contribution >= 4 is 15.9 Å². The number of piperazine rings is 1. The number of rotatable bonds is 3. The van der Waals surface area contributed by atoms with Gasteiger partial charge < -0.3 is 10.4 Å². The van der Waals surface area contributed by atoms with Crippen LogP contribution in [0.25, 0.3) is 0 Å². The molecule has 0 unspecified atom stereocenters. The Hall–Kier alpha value is -0.720. The normalized spacial score (nSPS) is 19.1. The van der Waals surface area contributed by atoms with E-state index in [0.29, 0.717) is 36.2 Å². The van der Waals surface area contributed by atoms with Crippen LogP contribution in [0, 0.1) is 0 Å². The summed E-state index contributed by atoms with van der Waals surface area (Å²) in [5, 5.41) is 12.6. The molecule has 100 valence electrons. The molecule has 1 heterocycles. The van der Waals surface area contributed by atoms with Gasteiger partial charge in [-0.3, -0.25) is 4.90 Å². The van der Waals surface area contributed by atoms with E-state index >= 15 is 0 Å². The van der Waals surface area contributed by atoms with Crippen molar-refractivity contribution in [2.45, 2.75) is 12.5 Å². The fraction of sp³-hybridized carbons (Fsp3) is 0.500. The SMILES string of the molecule is Oc1ccc(Br)c([C@@H](C(F)F)N2CCNCC2)c1. The highest BCUT2D eigenvalue weighted by molar-refractivity contribution is 9.10. The number of phenols is 1. The average molecular weight is 321 g/mol. The Kier molecular flexibility index (Phi) is 4.53. The van der Waals surface area contributed by atoms with Crippen molar-refractivity contribution in [3.8, 4) is 5.75 Å². The number of benzene rings is 1. The molecule has 0 spiro atoms. The Bertz CT molecular complexity index is 411. The van der Waals surface area contributed by atoms with Gasteiger partial charge >= 0.3 is 0 Å². The maximum absolute atomic E-state index is 13.3. The monoisotopic (exact) mass is 320 g/mol. The third-order valence-corrected chi connectivity index (χ3v) is 3.80. The number of halogens is 3. The van der Waals surface area contributed by atoms with Crippen molar-refractivity contribution < 1.29 is 13.9 Å². The molecule has 1 aliphatic rings. The van der Waals surface area contributed by atoms with Crippen LogP contribution < -0.4 is 5.32 Å². The molecule has 2 N–H and O–H groups in total. The number of nitrogens with one attached hydrogen (secondary N) is 1. The molecule has 6 heteroatoms. The third kappa shape index (κ3) is 2.99. The van der Waals surface area contributed by atoms with E-state index in [9.17, 15) is 13.9 Å². The molecule has 0 aromatic heterocycles. The second kappa shape index (κ2) is 5.95. The summed E-state index contributed by atoms with van der Waals surface area (Å²) in [6, 6.07) is 3.51. The van der Waals surface area contributed by atoms with Crippen molar-refractivity contribution in [2.24, 2.45) is 0 Å². The predicted octanol–water partition coefficient (Wildman–Crippen LogP) is 2.37. The summed E-state index contributed by atoms with van der Waals surface area (Å²) < 4.78 is 27.2. The second-order valence-electron chi connectivity index (χ2n) is 4.27. The van der Waals surface area contributed by atoms with Gasteiger partial charge in [-0.2, -0.15) is 0 Å². The van der Waals surface area contributed by atoms with Crippen molar-refractivity contribution in [1.29, 1.82) is 0 Å². The highest BCUT2D eigenvalue weighted by Crippen LogP contribution is 2.34. The van der Waals surface area contributed by atoms with E-state index in [0.717, 1.165) is 0 Å². The van der Waals surface area contributed by atoms with Gasteiger partial charge in [-0.1, -0.05) is 15.9 Å². The Morgan fingerprint density at radius 2 is 1.94 bits per heavy atom. The summed E-state index contributed by atoms with van der Waals surface area (Å²) >= 11 is 3.28. The Labute approximate surface area is 113 Å². The molecule has 1 aliphatic heterocycles. The van der Waals surface area contributed by atoms with E-state index < -0.39 is 12.5 Å². The maximum Gasteiger partial charge on any atom is 0.258 e. The minimum atomic E-state index is -2.49. The van der Waals surface area contributed by atoms with Gasteiger partial charge in [-0.15, -0.1) is 0 Å². The molecule has 1 aromatic rings. The van der Waals surface area contributed by atoms with E-state index in [1.807, 2.05) is 0 Å². The lowest BCUT2D eigenvalue weighted by Crippen LogP contribution is -2.47. The summed E-state index contributed by atoms with van der Waals surface area (Å²) in [5.74, 6) is 0.00832. The van der Waals surface area contributed by atoms with E-state index in [-0.39, 0.29) is 5.75 Å². The van der Waals surface area contributed by atoms with Gasteiger partial charge in [0.2, 0.25) is 0 Å². The lowest BCUT2D eigenvalue weighted by molar-refractivity contribution is 0.0177. The van der Waals surface area contributed by atoms with Gasteiger partial charge in [0.15, 0.2) is 0 Å². The zero-order valence-electron chi connectivity index (χ0n) is 9.74. The molecule has 1 aromatic carbocycles. The van der Waals surface area contributed by atoms with Gasteiger partial charge in [0.25, 0.3) is 6.43 Å². The van der Waals surface area contributed by atoms with Gasteiger partial charge in [0.1, 0.15) is 5.75 Å². The molecule has 18 heavy (non-hydrogen) atoms. The fourth-order valence-corrected chi connectivity index (χ4v) is 2.69. The van der Waals surface area contributed by atoms with Gasteiger partial charge in [-0.25, -0.2) is 8.78 Å². The van der Waals surface area contributed by atoms with Crippen LogP contribution >= 0.6 is 15.9 Å². The molecule has 0 amide bonds. The third-order valence-electron chi connectivity index (χ3n) is 3.08. The molecule has 0 bridgehead atoms. The number of nitrogens with zero attached hydrogens (tertiary/aromatic N) is 1. The number of hydrogen-bond acceptors (Lipinski definition) is 3. The van der Waals surface area contributed by atoms with E-state index in [4.69, 9.17) is 0 Å². The maximum atomic E-state index is 13.3. The zero-order chi connectivity index (χ0) is 13.1. The summed E-state index contributed by atoms with van der Waals surface area (Å²) in [6.07, 6.45) is -2.49. The lowest BCUT2D eigenvalue weighted by Gasteiger charge is -2.35. The van der Waals surface area contributed by atoms with Crippen molar-refractivity contribution in [3.05, 3.63) is 28.2 Å². The first-order chi connectivity index (χ1) is 8.59. The predicted molar refractivity (Wildman–Crippen MR) is 69.0 cm³/mol. The first-order valence-electron chi connectivity index (χ1n) is 5.81. The molecular formula is C12H15BrF2N2O. The van der Waals surface area contributed by atoms with Crippen LogP contribution in [-0.4, -0.2) is 42.6 Å². The minimum absolute atomic E-state index is 0.00832. The number of alkyl halides is 2. The summed E-state index contributed by atoms with van der Waals surface area (Å²) in [7, 11) is 0. The summed E-state index contributed by atoms with van der Waals surface area (Å²) in [4.78, 5) is 1.75. The topological polar surface area (TPSA) is 35.5 Å². The van der Waals surface area contributed by atoms with E-state index in [1.54, 1.807) is 11.0 Å². The van der Waals surface area contributed by atoms with Gasteiger partial charge in [0, 0.05) is 30.7 Å². The average Bonchev–Trinajstić information content (AvgIpc) is 2.35. The summed E-state index contributed by atoms with van der Waals surface area (Å²) in [5.41, 5.74) is 0.437. The largest absolute Gasteiger partial charge is 0.508 e. The van der Waals surface area contributed by atoms with Crippen molar-refractivity contribution in [3.63, 3.8) is 0 Å². The van der Waals surface area contributed by atoms with E-state index in [1.165, 1.54) is 12.1 Å². The molecule has 1 fully saturated rings. The first-order valence-corrected chi connectivity index (χ1v) is 6.60. The van der Waals surface area contributed by atoms with Crippen molar-refractivity contribution in [1.82, 2.24) is 10.2 Å². The van der Waals surface area contributed by atoms with Crippen LogP contribution in [0.2, 0.25) is 0 Å². The molecule has 0 radical (unpaired) electrons. The van der Waals surface area contributed by atoms with Crippen molar-refractivity contribution in [2.75, 3.05) is 26.2 Å². The van der Waals surface area contributed by atoms with Crippen LogP contribution in [0.5, 0.6) is 5.75 Å². The van der Waals surface area contributed by atoms with Crippen LogP contribution in [-0.2, 0) is 0 Å². The Morgan fingerprint density at radius 3 is 2.56 bits per heavy atom. The minimum Gasteiger partial charge on any atom is -0.508 e. The number of aromatic hydroxyl groups is 1. The van der Waals surface area contributed by atoms with Crippen LogP contribution in [0.3, 0.4) is 0 Å². The van der Waals surface area contributed by atoms with Gasteiger partial charge in [-0.05, 0) is 23.8 Å². The first kappa shape index (κ1) is 13.7. The highest BCUT2D eigenvalue weighted by atomic mass is 79.9. The van der Waals surface area contributed by atoms with Gasteiger partial charge in [0.05, 0.1) is 6.04 Å². The molecular weight excluding hydrogens is 306 g/mol.